The maximum absolute atomic E-state index is 12.3. The summed E-state index contributed by atoms with van der Waals surface area (Å²) in [5.41, 5.74) is 6.62. The van der Waals surface area contributed by atoms with Crippen molar-refractivity contribution in [2.45, 2.75) is 44.1 Å². The first-order valence-corrected chi connectivity index (χ1v) is 6.79. The van der Waals surface area contributed by atoms with Gasteiger partial charge in [-0.1, -0.05) is 18.0 Å². The Kier molecular flexibility index (Phi) is 2.74. The number of nitrogens with two attached hydrogens (primary N) is 1. The van der Waals surface area contributed by atoms with Gasteiger partial charge in [0.2, 0.25) is 0 Å². The van der Waals surface area contributed by atoms with Gasteiger partial charge in [-0.2, -0.15) is 0 Å². The maximum Gasteiger partial charge on any atom is 0.170 e. The number of carbonyl (C=O) groups is 1. The SMILES string of the molecule is Nc1cc(Cl)cc2c1OC1(CCCCC1)CC2=O. The molecule has 0 radical (unpaired) electrons. The van der Waals surface area contributed by atoms with Crippen LogP contribution in [-0.2, 0) is 0 Å². The van der Waals surface area contributed by atoms with E-state index in [0.29, 0.717) is 28.4 Å². The second kappa shape index (κ2) is 4.16. The molecule has 0 bridgehead atoms. The number of hydrogen-bond donors (Lipinski definition) is 1. The normalized spacial score (nSPS) is 21.5. The molecule has 1 aromatic rings. The Bertz CT molecular complexity index is 507. The van der Waals surface area contributed by atoms with Crippen LogP contribution in [0.15, 0.2) is 12.1 Å². The first kappa shape index (κ1) is 11.8. The van der Waals surface area contributed by atoms with Gasteiger partial charge in [-0.05, 0) is 37.8 Å². The molecule has 0 amide bonds. The van der Waals surface area contributed by atoms with Gasteiger partial charge in [-0.3, -0.25) is 4.79 Å². The Morgan fingerprint density at radius 2 is 1.94 bits per heavy atom. The van der Waals surface area contributed by atoms with Gasteiger partial charge >= 0.3 is 0 Å². The smallest absolute Gasteiger partial charge is 0.170 e. The summed E-state index contributed by atoms with van der Waals surface area (Å²) < 4.78 is 6.11. The number of carbonyl (C=O) groups excluding carboxylic acids is 1. The summed E-state index contributed by atoms with van der Waals surface area (Å²) in [6.07, 6.45) is 5.81. The van der Waals surface area contributed by atoms with Crippen molar-refractivity contribution in [1.29, 1.82) is 0 Å². The molecule has 1 aromatic carbocycles. The molecule has 1 aliphatic carbocycles. The fourth-order valence-electron chi connectivity index (χ4n) is 3.05. The van der Waals surface area contributed by atoms with Gasteiger partial charge in [0, 0.05) is 5.02 Å². The monoisotopic (exact) mass is 265 g/mol. The zero-order valence-electron chi connectivity index (χ0n) is 10.2. The Labute approximate surface area is 111 Å². The lowest BCUT2D eigenvalue weighted by atomic mass is 9.78. The fourth-order valence-corrected chi connectivity index (χ4v) is 3.28. The van der Waals surface area contributed by atoms with Crippen LogP contribution < -0.4 is 10.5 Å². The lowest BCUT2D eigenvalue weighted by Crippen LogP contribution is -2.43. The summed E-state index contributed by atoms with van der Waals surface area (Å²) in [5, 5.41) is 0.489. The summed E-state index contributed by atoms with van der Waals surface area (Å²) in [4.78, 5) is 12.3. The maximum atomic E-state index is 12.3. The molecular formula is C14H16ClNO2. The second-order valence-corrected chi connectivity index (χ2v) is 5.75. The predicted molar refractivity (Wildman–Crippen MR) is 71.3 cm³/mol. The molecule has 0 atom stereocenters. The van der Waals surface area contributed by atoms with Crippen molar-refractivity contribution in [1.82, 2.24) is 0 Å². The molecular weight excluding hydrogens is 250 g/mol. The quantitative estimate of drug-likeness (QED) is 0.730. The lowest BCUT2D eigenvalue weighted by molar-refractivity contribution is 0.0142. The van der Waals surface area contributed by atoms with E-state index in [1.54, 1.807) is 12.1 Å². The summed E-state index contributed by atoms with van der Waals surface area (Å²) >= 11 is 5.94. The Morgan fingerprint density at radius 3 is 2.67 bits per heavy atom. The number of ketones is 1. The molecule has 0 saturated heterocycles. The summed E-state index contributed by atoms with van der Waals surface area (Å²) in [5.74, 6) is 0.643. The second-order valence-electron chi connectivity index (χ2n) is 5.32. The van der Waals surface area contributed by atoms with Crippen molar-refractivity contribution in [3.05, 3.63) is 22.7 Å². The predicted octanol–water partition coefficient (Wildman–Crippen LogP) is 3.59. The van der Waals surface area contributed by atoms with Crippen LogP contribution in [0.1, 0.15) is 48.9 Å². The highest BCUT2D eigenvalue weighted by atomic mass is 35.5. The van der Waals surface area contributed by atoms with Gasteiger partial charge in [0.25, 0.3) is 0 Å². The van der Waals surface area contributed by atoms with Crippen molar-refractivity contribution in [3.63, 3.8) is 0 Å². The van der Waals surface area contributed by atoms with Crippen molar-refractivity contribution < 1.29 is 9.53 Å². The molecule has 3 rings (SSSR count). The van der Waals surface area contributed by atoms with Crippen molar-refractivity contribution >= 4 is 23.1 Å². The minimum absolute atomic E-state index is 0.104. The molecule has 96 valence electrons. The largest absolute Gasteiger partial charge is 0.484 e. The Morgan fingerprint density at radius 1 is 1.22 bits per heavy atom. The van der Waals surface area contributed by atoms with Gasteiger partial charge in [0.05, 0.1) is 17.7 Å². The lowest BCUT2D eigenvalue weighted by Gasteiger charge is -2.41. The molecule has 0 aromatic heterocycles. The number of hydrogen-bond acceptors (Lipinski definition) is 3. The van der Waals surface area contributed by atoms with Gasteiger partial charge in [0.15, 0.2) is 11.5 Å². The molecule has 18 heavy (non-hydrogen) atoms. The van der Waals surface area contributed by atoms with Crippen molar-refractivity contribution in [2.24, 2.45) is 0 Å². The first-order chi connectivity index (χ1) is 8.60. The minimum Gasteiger partial charge on any atom is -0.484 e. The van der Waals surface area contributed by atoms with Gasteiger partial charge in [-0.25, -0.2) is 0 Å². The molecule has 2 N–H and O–H groups in total. The van der Waals surface area contributed by atoms with Crippen LogP contribution in [0.4, 0.5) is 5.69 Å². The Hall–Kier alpha value is -1.22. The summed E-state index contributed by atoms with van der Waals surface area (Å²) in [6, 6.07) is 3.31. The van der Waals surface area contributed by atoms with Crippen LogP contribution in [0.3, 0.4) is 0 Å². The van der Waals surface area contributed by atoms with Crippen LogP contribution in [0.2, 0.25) is 5.02 Å². The van der Waals surface area contributed by atoms with Gasteiger partial charge < -0.3 is 10.5 Å². The topological polar surface area (TPSA) is 52.3 Å². The van der Waals surface area contributed by atoms with E-state index in [-0.39, 0.29) is 11.4 Å². The summed E-state index contributed by atoms with van der Waals surface area (Å²) in [6.45, 7) is 0. The molecule has 1 fully saturated rings. The van der Waals surface area contributed by atoms with E-state index in [1.807, 2.05) is 0 Å². The first-order valence-electron chi connectivity index (χ1n) is 6.41. The minimum atomic E-state index is -0.315. The molecule has 2 aliphatic rings. The molecule has 1 spiro atoms. The van der Waals surface area contributed by atoms with Crippen LogP contribution in [0.5, 0.6) is 5.75 Å². The molecule has 4 heteroatoms. The average molecular weight is 266 g/mol. The zero-order chi connectivity index (χ0) is 12.8. The molecule has 0 unspecified atom stereocenters. The third kappa shape index (κ3) is 1.87. The van der Waals surface area contributed by atoms with Crippen molar-refractivity contribution in [2.75, 3.05) is 5.73 Å². The van der Waals surface area contributed by atoms with E-state index in [1.165, 1.54) is 6.42 Å². The number of fused-ring (bicyclic) bond motifs is 1. The van der Waals surface area contributed by atoms with E-state index in [2.05, 4.69) is 0 Å². The fraction of sp³-hybridized carbons (Fsp3) is 0.500. The number of ether oxygens (including phenoxy) is 1. The van der Waals surface area contributed by atoms with E-state index >= 15 is 0 Å². The zero-order valence-corrected chi connectivity index (χ0v) is 10.9. The third-order valence-electron chi connectivity index (χ3n) is 3.95. The van der Waals surface area contributed by atoms with Crippen LogP contribution in [0.25, 0.3) is 0 Å². The highest BCUT2D eigenvalue weighted by Crippen LogP contribution is 2.44. The Balaban J connectivity index is 2.04. The number of halogens is 1. The standard InChI is InChI=1S/C14H16ClNO2/c15-9-6-10-12(17)8-14(4-2-1-3-5-14)18-13(10)11(16)7-9/h6-7H,1-5,8,16H2. The van der Waals surface area contributed by atoms with E-state index in [4.69, 9.17) is 22.1 Å². The van der Waals surface area contributed by atoms with Crippen LogP contribution in [0, 0.1) is 0 Å². The highest BCUT2D eigenvalue weighted by molar-refractivity contribution is 6.31. The number of Topliss-reactive ketones (excluding diaryl/α,β-unsaturated/α-hetero) is 1. The number of nitrogen functional groups attached to an aromatic ring is 1. The molecule has 1 aliphatic heterocycles. The van der Waals surface area contributed by atoms with E-state index in [0.717, 1.165) is 25.7 Å². The van der Waals surface area contributed by atoms with Gasteiger partial charge in [-0.15, -0.1) is 0 Å². The van der Waals surface area contributed by atoms with Crippen LogP contribution in [-0.4, -0.2) is 11.4 Å². The molecule has 1 saturated carbocycles. The molecule has 1 heterocycles. The summed E-state index contributed by atoms with van der Waals surface area (Å²) in [7, 11) is 0. The van der Waals surface area contributed by atoms with E-state index < -0.39 is 0 Å². The van der Waals surface area contributed by atoms with Crippen LogP contribution >= 0.6 is 11.6 Å². The third-order valence-corrected chi connectivity index (χ3v) is 4.17. The average Bonchev–Trinajstić information content (AvgIpc) is 2.32. The highest BCUT2D eigenvalue weighted by Gasteiger charge is 2.42. The van der Waals surface area contributed by atoms with E-state index in [9.17, 15) is 4.79 Å². The number of benzene rings is 1. The molecule has 3 nitrogen and oxygen atoms in total. The van der Waals surface area contributed by atoms with Crippen molar-refractivity contribution in [3.8, 4) is 5.75 Å². The van der Waals surface area contributed by atoms with Gasteiger partial charge in [0.1, 0.15) is 5.60 Å². The number of rotatable bonds is 0. The number of anilines is 1.